The lowest BCUT2D eigenvalue weighted by atomic mass is 9.98. The van der Waals surface area contributed by atoms with Crippen molar-refractivity contribution in [2.45, 2.75) is 45.8 Å². The molecule has 2 heterocycles. The summed E-state index contributed by atoms with van der Waals surface area (Å²) in [5.41, 5.74) is 4.37. The molecule has 2 N–H and O–H groups in total. The SMILES string of the molecule is CC[C@H](C)[C@@H](CN(Cc1ccncc1)C(=S)Nc1ccc(OC)cc1)NC(=O)Cc1cncn1Cc1ccc(C#N)cc1. The van der Waals surface area contributed by atoms with Crippen molar-refractivity contribution in [1.82, 2.24) is 24.8 Å². The van der Waals surface area contributed by atoms with Crippen LogP contribution >= 0.6 is 12.2 Å². The Morgan fingerprint density at radius 1 is 1.07 bits per heavy atom. The fourth-order valence-electron chi connectivity index (χ4n) is 4.64. The van der Waals surface area contributed by atoms with E-state index in [2.05, 4.69) is 45.4 Å². The van der Waals surface area contributed by atoms with Gasteiger partial charge in [-0.3, -0.25) is 9.78 Å². The summed E-state index contributed by atoms with van der Waals surface area (Å²) in [5.74, 6) is 0.893. The number of methoxy groups -OCH3 is 1. The van der Waals surface area contributed by atoms with Crippen molar-refractivity contribution >= 4 is 28.9 Å². The van der Waals surface area contributed by atoms with Crippen molar-refractivity contribution in [3.05, 3.63) is 108 Å². The van der Waals surface area contributed by atoms with Crippen LogP contribution in [-0.4, -0.2) is 50.2 Å². The number of thiocarbonyl (C=S) groups is 1. The van der Waals surface area contributed by atoms with Gasteiger partial charge in [-0.15, -0.1) is 0 Å². The van der Waals surface area contributed by atoms with Crippen LogP contribution in [0.5, 0.6) is 5.75 Å². The number of nitriles is 1. The summed E-state index contributed by atoms with van der Waals surface area (Å²) in [6.45, 7) is 5.91. The highest BCUT2D eigenvalue weighted by atomic mass is 32.1. The maximum absolute atomic E-state index is 13.4. The van der Waals surface area contributed by atoms with Crippen LogP contribution in [0.4, 0.5) is 5.69 Å². The first-order valence-corrected chi connectivity index (χ1v) is 14.7. The molecular weight excluding hydrogens is 558 g/mol. The highest BCUT2D eigenvalue weighted by Crippen LogP contribution is 2.18. The number of pyridine rings is 1. The highest BCUT2D eigenvalue weighted by molar-refractivity contribution is 7.80. The van der Waals surface area contributed by atoms with E-state index in [1.165, 1.54) is 0 Å². The molecule has 1 amide bonds. The lowest BCUT2D eigenvalue weighted by molar-refractivity contribution is -0.121. The molecule has 4 rings (SSSR count). The van der Waals surface area contributed by atoms with Gasteiger partial charge in [0.2, 0.25) is 5.91 Å². The summed E-state index contributed by atoms with van der Waals surface area (Å²) in [4.78, 5) is 23.9. The zero-order chi connectivity index (χ0) is 30.6. The summed E-state index contributed by atoms with van der Waals surface area (Å²) < 4.78 is 7.24. The van der Waals surface area contributed by atoms with E-state index in [-0.39, 0.29) is 24.3 Å². The molecule has 0 saturated heterocycles. The van der Waals surface area contributed by atoms with Gasteiger partial charge in [-0.05, 0) is 77.8 Å². The third kappa shape index (κ3) is 9.12. The Balaban J connectivity index is 1.47. The van der Waals surface area contributed by atoms with Crippen molar-refractivity contribution in [3.8, 4) is 11.8 Å². The predicted octanol–water partition coefficient (Wildman–Crippen LogP) is 5.18. The largest absolute Gasteiger partial charge is 0.497 e. The van der Waals surface area contributed by atoms with Crippen molar-refractivity contribution in [2.75, 3.05) is 19.0 Å². The minimum Gasteiger partial charge on any atom is -0.497 e. The number of imidazole rings is 1. The number of benzene rings is 2. The number of rotatable bonds is 13. The van der Waals surface area contributed by atoms with Crippen LogP contribution in [0.15, 0.2) is 85.6 Å². The quantitative estimate of drug-likeness (QED) is 0.204. The van der Waals surface area contributed by atoms with Crippen LogP contribution in [0.25, 0.3) is 0 Å². The molecule has 0 fully saturated rings. The third-order valence-electron chi connectivity index (χ3n) is 7.42. The molecule has 10 heteroatoms. The number of anilines is 1. The molecule has 222 valence electrons. The minimum absolute atomic E-state index is 0.0789. The minimum atomic E-state index is -0.148. The molecule has 9 nitrogen and oxygen atoms in total. The molecule has 43 heavy (non-hydrogen) atoms. The Morgan fingerprint density at radius 2 is 1.79 bits per heavy atom. The Kier molecular flexibility index (Phi) is 11.2. The number of nitrogens with zero attached hydrogens (tertiary/aromatic N) is 5. The first-order chi connectivity index (χ1) is 20.9. The van der Waals surface area contributed by atoms with Crippen LogP contribution < -0.4 is 15.4 Å². The molecule has 2 atom stereocenters. The van der Waals surface area contributed by atoms with Crippen molar-refractivity contribution < 1.29 is 9.53 Å². The number of nitrogens with one attached hydrogen (secondary N) is 2. The summed E-state index contributed by atoms with van der Waals surface area (Å²) in [5, 5.41) is 16.3. The number of hydrogen-bond donors (Lipinski definition) is 2. The number of carbonyl (C=O) groups is 1. The summed E-state index contributed by atoms with van der Waals surface area (Å²) in [6.07, 6.45) is 8.08. The lowest BCUT2D eigenvalue weighted by Crippen LogP contribution is -2.50. The van der Waals surface area contributed by atoms with Gasteiger partial charge in [0.05, 0.1) is 31.5 Å². The molecule has 2 aromatic heterocycles. The zero-order valence-corrected chi connectivity index (χ0v) is 25.6. The maximum atomic E-state index is 13.4. The molecule has 0 saturated carbocycles. The summed E-state index contributed by atoms with van der Waals surface area (Å²) in [7, 11) is 1.63. The smallest absolute Gasteiger partial charge is 0.226 e. The van der Waals surface area contributed by atoms with Crippen LogP contribution in [0.2, 0.25) is 0 Å². The van der Waals surface area contributed by atoms with Crippen LogP contribution in [0, 0.1) is 17.2 Å². The standard InChI is InChI=1S/C33H37N7O2S/c1-4-24(2)31(38-32(41)17-29-19-36-23-40(29)21-26-7-5-25(18-34)6-8-26)22-39(20-27-13-15-35-16-14-27)33(43)37-28-9-11-30(42-3)12-10-28/h5-16,19,23-24,31H,4,17,20-22H2,1-3H3,(H,37,43)(H,38,41)/t24-,31+/m0/s1. The van der Waals surface area contributed by atoms with Gasteiger partial charge in [0.15, 0.2) is 5.11 Å². The molecule has 0 bridgehead atoms. The fourth-order valence-corrected chi connectivity index (χ4v) is 4.89. The Hall–Kier alpha value is -4.75. The molecule has 0 spiro atoms. The zero-order valence-electron chi connectivity index (χ0n) is 24.7. The Morgan fingerprint density at radius 3 is 2.44 bits per heavy atom. The van der Waals surface area contributed by atoms with Crippen LogP contribution in [0.3, 0.4) is 0 Å². The van der Waals surface area contributed by atoms with E-state index in [9.17, 15) is 4.79 Å². The van der Waals surface area contributed by atoms with Gasteiger partial charge >= 0.3 is 0 Å². The van der Waals surface area contributed by atoms with E-state index in [1.807, 2.05) is 53.1 Å². The van der Waals surface area contributed by atoms with E-state index >= 15 is 0 Å². The number of ether oxygens (including phenoxy) is 1. The lowest BCUT2D eigenvalue weighted by Gasteiger charge is -2.33. The van der Waals surface area contributed by atoms with Gasteiger partial charge in [-0.25, -0.2) is 4.98 Å². The van der Waals surface area contributed by atoms with Gasteiger partial charge in [0, 0.05) is 55.6 Å². The van der Waals surface area contributed by atoms with E-state index in [4.69, 9.17) is 22.2 Å². The van der Waals surface area contributed by atoms with Gasteiger partial charge in [0.25, 0.3) is 0 Å². The van der Waals surface area contributed by atoms with Crippen LogP contribution in [-0.2, 0) is 24.3 Å². The van der Waals surface area contributed by atoms with Gasteiger partial charge in [0.1, 0.15) is 5.75 Å². The molecule has 4 aromatic rings. The Bertz CT molecular complexity index is 1520. The number of aromatic nitrogens is 3. The molecule has 0 unspecified atom stereocenters. The number of hydrogen-bond acceptors (Lipinski definition) is 6. The summed E-state index contributed by atoms with van der Waals surface area (Å²) >= 11 is 5.89. The first-order valence-electron chi connectivity index (χ1n) is 14.2. The first kappa shape index (κ1) is 31.2. The van der Waals surface area contributed by atoms with Gasteiger partial charge < -0.3 is 24.8 Å². The van der Waals surface area contributed by atoms with Crippen molar-refractivity contribution in [3.63, 3.8) is 0 Å². The normalized spacial score (nSPS) is 12.0. The topological polar surface area (TPSA) is 108 Å². The van der Waals surface area contributed by atoms with Crippen molar-refractivity contribution in [2.24, 2.45) is 5.92 Å². The van der Waals surface area contributed by atoms with Gasteiger partial charge in [-0.2, -0.15) is 5.26 Å². The highest BCUT2D eigenvalue weighted by Gasteiger charge is 2.24. The molecule has 0 aliphatic rings. The van der Waals surface area contributed by atoms with Gasteiger partial charge in [-0.1, -0.05) is 32.4 Å². The molecule has 0 aliphatic heterocycles. The molecule has 0 radical (unpaired) electrons. The average molecular weight is 596 g/mol. The monoisotopic (exact) mass is 595 g/mol. The molecule has 2 aromatic carbocycles. The van der Waals surface area contributed by atoms with Crippen molar-refractivity contribution in [1.29, 1.82) is 5.26 Å². The number of amides is 1. The molecular formula is C33H37N7O2S. The van der Waals surface area contributed by atoms with E-state index in [0.717, 1.165) is 34.7 Å². The number of carbonyl (C=O) groups excluding carboxylic acids is 1. The molecule has 0 aliphatic carbocycles. The van der Waals surface area contributed by atoms with E-state index in [1.54, 1.807) is 44.2 Å². The second-order valence-electron chi connectivity index (χ2n) is 10.5. The van der Waals surface area contributed by atoms with E-state index in [0.29, 0.717) is 30.3 Å². The maximum Gasteiger partial charge on any atom is 0.226 e. The summed E-state index contributed by atoms with van der Waals surface area (Å²) in [6, 6.07) is 21.0. The predicted molar refractivity (Wildman–Crippen MR) is 171 cm³/mol. The fraction of sp³-hybridized carbons (Fsp3) is 0.303. The Labute approximate surface area is 258 Å². The third-order valence-corrected chi connectivity index (χ3v) is 7.78. The second-order valence-corrected chi connectivity index (χ2v) is 10.8. The average Bonchev–Trinajstić information content (AvgIpc) is 3.46. The van der Waals surface area contributed by atoms with E-state index < -0.39 is 0 Å². The van der Waals surface area contributed by atoms with Crippen LogP contribution in [0.1, 0.15) is 42.7 Å². The second kappa shape index (κ2) is 15.5.